The molecule has 23 heavy (non-hydrogen) atoms. The summed E-state index contributed by atoms with van der Waals surface area (Å²) in [6.07, 6.45) is -0.953. The van der Waals surface area contributed by atoms with Crippen LogP contribution >= 0.6 is 23.2 Å². The molecule has 2 aromatic rings. The Morgan fingerprint density at radius 1 is 1.04 bits per heavy atom. The zero-order valence-corrected chi connectivity index (χ0v) is 14.0. The molecule has 0 aliphatic heterocycles. The van der Waals surface area contributed by atoms with Gasteiger partial charge in [-0.15, -0.1) is 0 Å². The normalized spacial score (nSPS) is 11.7. The second kappa shape index (κ2) is 7.49. The van der Waals surface area contributed by atoms with E-state index in [0.717, 1.165) is 0 Å². The number of Topliss-reactive ketones (excluding diaryl/α,β-unsaturated/α-hetero) is 1. The van der Waals surface area contributed by atoms with Crippen molar-refractivity contribution < 1.29 is 19.1 Å². The molecule has 0 saturated heterocycles. The van der Waals surface area contributed by atoms with Gasteiger partial charge in [0, 0.05) is 5.56 Å². The van der Waals surface area contributed by atoms with Crippen LogP contribution in [0, 0.1) is 0 Å². The first-order valence-electron chi connectivity index (χ1n) is 6.77. The SMILES string of the molecule is COc1ccc(C(=O)C(C)OC(=O)c2cccc(Cl)c2Cl)cc1. The van der Waals surface area contributed by atoms with Gasteiger partial charge in [0.05, 0.1) is 22.7 Å². The van der Waals surface area contributed by atoms with Gasteiger partial charge in [0.2, 0.25) is 5.78 Å². The predicted octanol–water partition coefficient (Wildman–Crippen LogP) is 4.43. The second-order valence-corrected chi connectivity index (χ2v) is 5.53. The number of hydrogen-bond donors (Lipinski definition) is 0. The minimum absolute atomic E-state index is 0.100. The van der Waals surface area contributed by atoms with Gasteiger partial charge in [-0.2, -0.15) is 0 Å². The van der Waals surface area contributed by atoms with Crippen LogP contribution in [0.2, 0.25) is 10.0 Å². The molecule has 0 heterocycles. The maximum absolute atomic E-state index is 12.3. The number of rotatable bonds is 5. The molecule has 4 nitrogen and oxygen atoms in total. The van der Waals surface area contributed by atoms with Crippen LogP contribution in [0.3, 0.4) is 0 Å². The topological polar surface area (TPSA) is 52.6 Å². The first-order valence-corrected chi connectivity index (χ1v) is 7.53. The molecule has 0 spiro atoms. The standard InChI is InChI=1S/C17H14Cl2O4/c1-10(16(20)11-6-8-12(22-2)9-7-11)23-17(21)13-4-3-5-14(18)15(13)19/h3-10H,1-2H3. The number of esters is 1. The fourth-order valence-electron chi connectivity index (χ4n) is 1.93. The molecule has 0 aromatic heterocycles. The lowest BCUT2D eigenvalue weighted by molar-refractivity contribution is 0.0319. The molecule has 6 heteroatoms. The van der Waals surface area contributed by atoms with Crippen LogP contribution in [0.5, 0.6) is 5.75 Å². The van der Waals surface area contributed by atoms with Crippen LogP contribution < -0.4 is 4.74 Å². The van der Waals surface area contributed by atoms with E-state index in [9.17, 15) is 9.59 Å². The number of hydrogen-bond acceptors (Lipinski definition) is 4. The zero-order valence-electron chi connectivity index (χ0n) is 12.5. The molecule has 0 aliphatic carbocycles. The van der Waals surface area contributed by atoms with Crippen molar-refractivity contribution in [1.82, 2.24) is 0 Å². The van der Waals surface area contributed by atoms with E-state index in [0.29, 0.717) is 11.3 Å². The van der Waals surface area contributed by atoms with Crippen LogP contribution in [0.15, 0.2) is 42.5 Å². The van der Waals surface area contributed by atoms with Crippen molar-refractivity contribution in [2.75, 3.05) is 7.11 Å². The molecular formula is C17H14Cl2O4. The van der Waals surface area contributed by atoms with Gasteiger partial charge in [-0.25, -0.2) is 4.79 Å². The highest BCUT2D eigenvalue weighted by Crippen LogP contribution is 2.26. The van der Waals surface area contributed by atoms with E-state index in [1.807, 2.05) is 0 Å². The molecule has 0 radical (unpaired) electrons. The molecule has 0 aliphatic rings. The van der Waals surface area contributed by atoms with Gasteiger partial charge in [-0.05, 0) is 43.3 Å². The van der Waals surface area contributed by atoms with Gasteiger partial charge in [0.1, 0.15) is 5.75 Å². The number of ether oxygens (including phenoxy) is 2. The molecule has 1 atom stereocenters. The smallest absolute Gasteiger partial charge is 0.340 e. The monoisotopic (exact) mass is 352 g/mol. The maximum Gasteiger partial charge on any atom is 0.340 e. The van der Waals surface area contributed by atoms with Crippen molar-refractivity contribution >= 4 is 35.0 Å². The molecular weight excluding hydrogens is 339 g/mol. The summed E-state index contributed by atoms with van der Waals surface area (Å²) < 4.78 is 10.2. The third-order valence-electron chi connectivity index (χ3n) is 3.20. The highest BCUT2D eigenvalue weighted by atomic mass is 35.5. The molecule has 120 valence electrons. The van der Waals surface area contributed by atoms with Crippen LogP contribution in [0.1, 0.15) is 27.6 Å². The molecule has 0 N–H and O–H groups in total. The van der Waals surface area contributed by atoms with Gasteiger partial charge in [-0.3, -0.25) is 4.79 Å². The molecule has 2 aromatic carbocycles. The van der Waals surface area contributed by atoms with Crippen LogP contribution in [0.4, 0.5) is 0 Å². The summed E-state index contributed by atoms with van der Waals surface area (Å²) >= 11 is 11.8. The van der Waals surface area contributed by atoms with Crippen LogP contribution in [-0.4, -0.2) is 25.0 Å². The van der Waals surface area contributed by atoms with Crippen molar-refractivity contribution in [2.45, 2.75) is 13.0 Å². The van der Waals surface area contributed by atoms with Crippen LogP contribution in [0.25, 0.3) is 0 Å². The second-order valence-electron chi connectivity index (χ2n) is 4.74. The fraction of sp³-hybridized carbons (Fsp3) is 0.176. The maximum atomic E-state index is 12.3. The highest BCUT2D eigenvalue weighted by Gasteiger charge is 2.22. The summed E-state index contributed by atoms with van der Waals surface area (Å²) in [6.45, 7) is 1.50. The van der Waals surface area contributed by atoms with Crippen molar-refractivity contribution in [3.05, 3.63) is 63.6 Å². The fourth-order valence-corrected chi connectivity index (χ4v) is 2.31. The van der Waals surface area contributed by atoms with Crippen molar-refractivity contribution in [3.8, 4) is 5.75 Å². The number of carbonyl (C=O) groups is 2. The Balaban J connectivity index is 2.11. The van der Waals surface area contributed by atoms with Crippen molar-refractivity contribution in [1.29, 1.82) is 0 Å². The first kappa shape index (κ1) is 17.3. The summed E-state index contributed by atoms with van der Waals surface area (Å²) in [5.41, 5.74) is 0.539. The van der Waals surface area contributed by atoms with E-state index >= 15 is 0 Å². The number of halogens is 2. The summed E-state index contributed by atoms with van der Waals surface area (Å²) in [6, 6.07) is 11.2. The molecule has 0 fully saturated rings. The minimum Gasteiger partial charge on any atom is -0.497 e. The van der Waals surface area contributed by atoms with E-state index in [4.69, 9.17) is 32.7 Å². The number of benzene rings is 2. The average Bonchev–Trinajstić information content (AvgIpc) is 2.56. The Hall–Kier alpha value is -2.04. The van der Waals surface area contributed by atoms with Gasteiger partial charge in [0.15, 0.2) is 6.10 Å². The number of ketones is 1. The lowest BCUT2D eigenvalue weighted by Gasteiger charge is -2.13. The quantitative estimate of drug-likeness (QED) is 0.589. The highest BCUT2D eigenvalue weighted by molar-refractivity contribution is 6.43. The van der Waals surface area contributed by atoms with Gasteiger partial charge < -0.3 is 9.47 Å². The minimum atomic E-state index is -0.953. The van der Waals surface area contributed by atoms with E-state index in [1.54, 1.807) is 36.4 Å². The third-order valence-corrected chi connectivity index (χ3v) is 4.02. The largest absolute Gasteiger partial charge is 0.497 e. The lowest BCUT2D eigenvalue weighted by atomic mass is 10.1. The Kier molecular flexibility index (Phi) is 5.64. The Morgan fingerprint density at radius 2 is 1.70 bits per heavy atom. The van der Waals surface area contributed by atoms with Crippen LogP contribution in [-0.2, 0) is 4.74 Å². The van der Waals surface area contributed by atoms with E-state index < -0.39 is 12.1 Å². The van der Waals surface area contributed by atoms with Gasteiger partial charge in [-0.1, -0.05) is 29.3 Å². The van der Waals surface area contributed by atoms with Gasteiger partial charge in [0.25, 0.3) is 0 Å². The third kappa shape index (κ3) is 4.03. The molecule has 0 bridgehead atoms. The number of carbonyl (C=O) groups excluding carboxylic acids is 2. The van der Waals surface area contributed by atoms with E-state index in [-0.39, 0.29) is 21.4 Å². The van der Waals surface area contributed by atoms with Crippen molar-refractivity contribution in [3.63, 3.8) is 0 Å². The number of methoxy groups -OCH3 is 1. The summed E-state index contributed by atoms with van der Waals surface area (Å²) in [4.78, 5) is 24.4. The van der Waals surface area contributed by atoms with Gasteiger partial charge >= 0.3 is 5.97 Å². The Bertz CT molecular complexity index is 726. The van der Waals surface area contributed by atoms with E-state index in [1.165, 1.54) is 20.1 Å². The Morgan fingerprint density at radius 3 is 2.30 bits per heavy atom. The summed E-state index contributed by atoms with van der Waals surface area (Å²) in [7, 11) is 1.54. The van der Waals surface area contributed by atoms with Crippen molar-refractivity contribution in [2.24, 2.45) is 0 Å². The first-order chi connectivity index (χ1) is 10.9. The Labute approximate surface area is 143 Å². The molecule has 2 rings (SSSR count). The predicted molar refractivity (Wildman–Crippen MR) is 88.7 cm³/mol. The molecule has 0 amide bonds. The summed E-state index contributed by atoms with van der Waals surface area (Å²) in [5.74, 6) is -0.386. The van der Waals surface area contributed by atoms with E-state index in [2.05, 4.69) is 0 Å². The average molecular weight is 353 g/mol. The molecule has 0 saturated carbocycles. The zero-order chi connectivity index (χ0) is 17.0. The lowest BCUT2D eigenvalue weighted by Crippen LogP contribution is -2.24. The summed E-state index contributed by atoms with van der Waals surface area (Å²) in [5, 5.41) is 0.346. The molecule has 1 unspecified atom stereocenters.